The quantitative estimate of drug-likeness (QED) is 0.264. The highest BCUT2D eigenvalue weighted by Gasteiger charge is 2.12. The van der Waals surface area contributed by atoms with Gasteiger partial charge in [-0.15, -0.1) is 0 Å². The number of hydrogen-bond donors (Lipinski definition) is 0. The Hall–Kier alpha value is -3.90. The average molecular weight is 380 g/mol. The van der Waals surface area contributed by atoms with E-state index in [1.165, 1.54) is 54.6 Å². The van der Waals surface area contributed by atoms with Crippen LogP contribution in [0, 0.1) is 0 Å². The Morgan fingerprint density at radius 1 is 0.267 bits per heavy atom. The SMILES string of the molecule is c1ccc(-c2ccccc2-c2cccc3c2ccc2c4ccccc4ccc32)cc1. The van der Waals surface area contributed by atoms with E-state index in [4.69, 9.17) is 0 Å². The van der Waals surface area contributed by atoms with Crippen molar-refractivity contribution in [2.24, 2.45) is 0 Å². The third-order valence-corrected chi connectivity index (χ3v) is 6.09. The molecule has 6 rings (SSSR count). The van der Waals surface area contributed by atoms with Crippen molar-refractivity contribution < 1.29 is 0 Å². The Morgan fingerprint density at radius 3 is 1.73 bits per heavy atom. The van der Waals surface area contributed by atoms with E-state index in [2.05, 4.69) is 121 Å². The van der Waals surface area contributed by atoms with E-state index < -0.39 is 0 Å². The van der Waals surface area contributed by atoms with Crippen molar-refractivity contribution in [2.75, 3.05) is 0 Å². The lowest BCUT2D eigenvalue weighted by Crippen LogP contribution is -1.88. The summed E-state index contributed by atoms with van der Waals surface area (Å²) < 4.78 is 0. The van der Waals surface area contributed by atoms with Crippen LogP contribution in [0.1, 0.15) is 0 Å². The maximum Gasteiger partial charge on any atom is -0.00987 e. The van der Waals surface area contributed by atoms with E-state index in [1.807, 2.05) is 0 Å². The van der Waals surface area contributed by atoms with Crippen LogP contribution in [0.3, 0.4) is 0 Å². The summed E-state index contributed by atoms with van der Waals surface area (Å²) in [5, 5.41) is 7.82. The Bertz CT molecular complexity index is 1520. The van der Waals surface area contributed by atoms with Crippen molar-refractivity contribution in [1.82, 2.24) is 0 Å². The maximum absolute atomic E-state index is 2.29. The maximum atomic E-state index is 2.29. The molecule has 0 aliphatic carbocycles. The van der Waals surface area contributed by atoms with Gasteiger partial charge in [0.05, 0.1) is 0 Å². The molecule has 6 aromatic rings. The lowest BCUT2D eigenvalue weighted by Gasteiger charge is -2.14. The molecule has 30 heavy (non-hydrogen) atoms. The molecule has 0 nitrogen and oxygen atoms in total. The predicted molar refractivity (Wildman–Crippen MR) is 130 cm³/mol. The number of hydrogen-bond acceptors (Lipinski definition) is 0. The van der Waals surface area contributed by atoms with Crippen LogP contribution in [0.2, 0.25) is 0 Å². The summed E-state index contributed by atoms with van der Waals surface area (Å²) >= 11 is 0. The molecular formula is C30H20. The highest BCUT2D eigenvalue weighted by atomic mass is 14.2. The van der Waals surface area contributed by atoms with Crippen molar-refractivity contribution in [1.29, 1.82) is 0 Å². The highest BCUT2D eigenvalue weighted by Crippen LogP contribution is 2.39. The van der Waals surface area contributed by atoms with Crippen LogP contribution in [-0.2, 0) is 0 Å². The van der Waals surface area contributed by atoms with Gasteiger partial charge in [-0.1, -0.05) is 121 Å². The van der Waals surface area contributed by atoms with Gasteiger partial charge < -0.3 is 0 Å². The van der Waals surface area contributed by atoms with Gasteiger partial charge in [0, 0.05) is 0 Å². The smallest absolute Gasteiger partial charge is 0.00987 e. The molecule has 0 bridgehead atoms. The number of rotatable bonds is 2. The van der Waals surface area contributed by atoms with E-state index in [0.29, 0.717) is 0 Å². The molecule has 0 unspecified atom stereocenters. The second-order valence-electron chi connectivity index (χ2n) is 7.76. The summed E-state index contributed by atoms with van der Waals surface area (Å²) in [5.74, 6) is 0. The monoisotopic (exact) mass is 380 g/mol. The van der Waals surface area contributed by atoms with Crippen LogP contribution in [0.4, 0.5) is 0 Å². The molecule has 0 aliphatic rings. The molecule has 0 aromatic heterocycles. The van der Waals surface area contributed by atoms with E-state index in [-0.39, 0.29) is 0 Å². The van der Waals surface area contributed by atoms with Crippen LogP contribution in [0.5, 0.6) is 0 Å². The van der Waals surface area contributed by atoms with Crippen molar-refractivity contribution in [3.05, 3.63) is 121 Å². The molecule has 0 saturated carbocycles. The molecule has 6 aromatic carbocycles. The zero-order valence-electron chi connectivity index (χ0n) is 16.5. The summed E-state index contributed by atoms with van der Waals surface area (Å²) in [7, 11) is 0. The molecule has 0 spiro atoms. The molecule has 0 N–H and O–H groups in total. The first-order chi connectivity index (χ1) is 14.9. The average Bonchev–Trinajstić information content (AvgIpc) is 2.84. The van der Waals surface area contributed by atoms with Gasteiger partial charge in [0.25, 0.3) is 0 Å². The van der Waals surface area contributed by atoms with E-state index in [9.17, 15) is 0 Å². The van der Waals surface area contributed by atoms with Crippen LogP contribution in [-0.4, -0.2) is 0 Å². The molecule has 0 heteroatoms. The Morgan fingerprint density at radius 2 is 0.833 bits per heavy atom. The third kappa shape index (κ3) is 2.62. The number of fused-ring (bicyclic) bond motifs is 5. The van der Waals surface area contributed by atoms with E-state index in [0.717, 1.165) is 0 Å². The van der Waals surface area contributed by atoms with Crippen molar-refractivity contribution in [2.45, 2.75) is 0 Å². The largest absolute Gasteiger partial charge is 0.0622 e. The molecule has 0 radical (unpaired) electrons. The molecular weight excluding hydrogens is 360 g/mol. The second kappa shape index (κ2) is 6.86. The molecule has 0 fully saturated rings. The topological polar surface area (TPSA) is 0 Å². The minimum Gasteiger partial charge on any atom is -0.0622 e. The first kappa shape index (κ1) is 17.0. The van der Waals surface area contributed by atoms with E-state index >= 15 is 0 Å². The Balaban J connectivity index is 1.67. The van der Waals surface area contributed by atoms with Crippen LogP contribution >= 0.6 is 0 Å². The number of benzene rings is 6. The summed E-state index contributed by atoms with van der Waals surface area (Å²) in [4.78, 5) is 0. The lowest BCUT2D eigenvalue weighted by molar-refractivity contribution is 1.60. The summed E-state index contributed by atoms with van der Waals surface area (Å²) in [6, 6.07) is 43.8. The Kier molecular flexibility index (Phi) is 3.89. The molecule has 0 aliphatic heterocycles. The molecule has 0 atom stereocenters. The van der Waals surface area contributed by atoms with Gasteiger partial charge in [0.2, 0.25) is 0 Å². The van der Waals surface area contributed by atoms with E-state index in [1.54, 1.807) is 0 Å². The normalized spacial score (nSPS) is 11.3. The van der Waals surface area contributed by atoms with Gasteiger partial charge in [-0.3, -0.25) is 0 Å². The lowest BCUT2D eigenvalue weighted by atomic mass is 9.89. The van der Waals surface area contributed by atoms with Gasteiger partial charge >= 0.3 is 0 Å². The van der Waals surface area contributed by atoms with Crippen molar-refractivity contribution in [3.8, 4) is 22.3 Å². The van der Waals surface area contributed by atoms with Gasteiger partial charge in [0.15, 0.2) is 0 Å². The zero-order chi connectivity index (χ0) is 19.9. The second-order valence-corrected chi connectivity index (χ2v) is 7.76. The molecule has 140 valence electrons. The molecule has 0 heterocycles. The summed E-state index contributed by atoms with van der Waals surface area (Å²) in [6.07, 6.45) is 0. The fourth-order valence-corrected chi connectivity index (χ4v) is 4.68. The molecule has 0 amide bonds. The minimum absolute atomic E-state index is 1.25. The standard InChI is InChI=1S/C30H20/c1-2-9-21(10-3-1)23-13-6-7-14-25(23)26-15-8-16-27-29-18-17-22-11-4-5-12-24(22)28(29)19-20-30(26)27/h1-20H. The summed E-state index contributed by atoms with van der Waals surface area (Å²) in [6.45, 7) is 0. The predicted octanol–water partition coefficient (Wildman–Crippen LogP) is 8.48. The summed E-state index contributed by atoms with van der Waals surface area (Å²) in [5.41, 5.74) is 5.07. The Labute approximate surface area is 176 Å². The van der Waals surface area contributed by atoms with Crippen LogP contribution < -0.4 is 0 Å². The highest BCUT2D eigenvalue weighted by molar-refractivity contribution is 6.19. The van der Waals surface area contributed by atoms with Crippen molar-refractivity contribution in [3.63, 3.8) is 0 Å². The van der Waals surface area contributed by atoms with Gasteiger partial charge in [-0.05, 0) is 54.6 Å². The molecule has 0 saturated heterocycles. The fraction of sp³-hybridized carbons (Fsp3) is 0. The van der Waals surface area contributed by atoms with Crippen LogP contribution in [0.25, 0.3) is 54.6 Å². The fourth-order valence-electron chi connectivity index (χ4n) is 4.68. The van der Waals surface area contributed by atoms with Gasteiger partial charge in [0.1, 0.15) is 0 Å². The van der Waals surface area contributed by atoms with Gasteiger partial charge in [-0.25, -0.2) is 0 Å². The third-order valence-electron chi connectivity index (χ3n) is 6.09. The first-order valence-electron chi connectivity index (χ1n) is 10.4. The van der Waals surface area contributed by atoms with Crippen molar-refractivity contribution >= 4 is 32.3 Å². The zero-order valence-corrected chi connectivity index (χ0v) is 16.5. The van der Waals surface area contributed by atoms with Crippen LogP contribution in [0.15, 0.2) is 121 Å². The first-order valence-corrected chi connectivity index (χ1v) is 10.4. The minimum atomic E-state index is 1.25. The van der Waals surface area contributed by atoms with Gasteiger partial charge in [-0.2, -0.15) is 0 Å².